The van der Waals surface area contributed by atoms with E-state index in [9.17, 15) is 4.39 Å². The smallest absolute Gasteiger partial charge is 0.226 e. The summed E-state index contributed by atoms with van der Waals surface area (Å²) in [6.07, 6.45) is 2.35. The van der Waals surface area contributed by atoms with Gasteiger partial charge in [-0.1, -0.05) is 6.92 Å². The molecular weight excluding hydrogens is 207 g/mol. The molecule has 0 unspecified atom stereocenters. The van der Waals surface area contributed by atoms with Crippen molar-refractivity contribution < 1.29 is 4.39 Å². The summed E-state index contributed by atoms with van der Waals surface area (Å²) in [5.74, 6) is 1.26. The van der Waals surface area contributed by atoms with E-state index < -0.39 is 0 Å². The Morgan fingerprint density at radius 1 is 1.50 bits per heavy atom. The van der Waals surface area contributed by atoms with E-state index in [1.54, 1.807) is 4.90 Å². The topological polar surface area (TPSA) is 32.3 Å². The van der Waals surface area contributed by atoms with Crippen molar-refractivity contribution in [3.63, 3.8) is 0 Å². The molecule has 1 atom stereocenters. The fourth-order valence-electron chi connectivity index (χ4n) is 1.91. The molecule has 1 aromatic heterocycles. The molecule has 1 saturated heterocycles. The van der Waals surface area contributed by atoms with Crippen LogP contribution in [0.25, 0.3) is 0 Å². The minimum absolute atomic E-state index is 0.334. The fraction of sp³-hybridized carbons (Fsp3) is 0.636. The van der Waals surface area contributed by atoms with Gasteiger partial charge in [0.15, 0.2) is 11.6 Å². The first kappa shape index (κ1) is 11.1. The quantitative estimate of drug-likeness (QED) is 0.762. The Bertz CT molecular complexity index is 380. The monoisotopic (exact) mass is 224 g/mol. The minimum Gasteiger partial charge on any atom is -0.354 e. The molecule has 1 aliphatic heterocycles. The first-order chi connectivity index (χ1) is 7.58. The number of anilines is 2. The highest BCUT2D eigenvalue weighted by Crippen LogP contribution is 2.24. The van der Waals surface area contributed by atoms with Crippen molar-refractivity contribution in [2.45, 2.75) is 13.3 Å². The van der Waals surface area contributed by atoms with Crippen molar-refractivity contribution in [1.82, 2.24) is 9.97 Å². The largest absolute Gasteiger partial charge is 0.354 e. The second-order valence-electron chi connectivity index (χ2n) is 4.58. The van der Waals surface area contributed by atoms with Gasteiger partial charge in [0.25, 0.3) is 0 Å². The van der Waals surface area contributed by atoms with E-state index in [-0.39, 0.29) is 5.82 Å². The molecule has 88 valence electrons. The predicted octanol–water partition coefficient (Wildman–Crippen LogP) is 1.53. The summed E-state index contributed by atoms with van der Waals surface area (Å²) in [5.41, 5.74) is 0. The third-order valence-electron chi connectivity index (χ3n) is 2.84. The van der Waals surface area contributed by atoms with Crippen LogP contribution in [0.1, 0.15) is 13.3 Å². The molecule has 0 bridgehead atoms. The maximum atomic E-state index is 13.6. The lowest BCUT2D eigenvalue weighted by atomic mass is 10.2. The maximum Gasteiger partial charge on any atom is 0.226 e. The lowest BCUT2D eigenvalue weighted by Gasteiger charge is -2.19. The molecule has 1 aromatic rings. The highest BCUT2D eigenvalue weighted by atomic mass is 19.1. The highest BCUT2D eigenvalue weighted by Gasteiger charge is 2.23. The van der Waals surface area contributed by atoms with Crippen LogP contribution in [0.15, 0.2) is 6.20 Å². The molecule has 2 heterocycles. The fourth-order valence-corrected chi connectivity index (χ4v) is 1.91. The standard InChI is InChI=1S/C11H17FN4/c1-8-4-5-16(7-8)10-9(12)6-13-11(14-10)15(2)3/h6,8H,4-5,7H2,1-3H3/t8-/m1/s1. The van der Waals surface area contributed by atoms with Crippen molar-refractivity contribution >= 4 is 11.8 Å². The van der Waals surface area contributed by atoms with Crippen molar-refractivity contribution in [1.29, 1.82) is 0 Å². The van der Waals surface area contributed by atoms with Crippen LogP contribution in [0, 0.1) is 11.7 Å². The average Bonchev–Trinajstić information content (AvgIpc) is 2.65. The van der Waals surface area contributed by atoms with Crippen LogP contribution in [0.4, 0.5) is 16.2 Å². The molecule has 1 fully saturated rings. The summed E-state index contributed by atoms with van der Waals surface area (Å²) >= 11 is 0. The second-order valence-corrected chi connectivity index (χ2v) is 4.58. The van der Waals surface area contributed by atoms with Crippen molar-refractivity contribution in [3.8, 4) is 0 Å². The summed E-state index contributed by atoms with van der Waals surface area (Å²) in [4.78, 5) is 12.0. The molecule has 0 saturated carbocycles. The van der Waals surface area contributed by atoms with Gasteiger partial charge >= 0.3 is 0 Å². The molecule has 0 aliphatic carbocycles. The zero-order valence-corrected chi connectivity index (χ0v) is 9.94. The van der Waals surface area contributed by atoms with Gasteiger partial charge in [-0.05, 0) is 12.3 Å². The zero-order valence-electron chi connectivity index (χ0n) is 9.94. The average molecular weight is 224 g/mol. The van der Waals surface area contributed by atoms with Crippen LogP contribution in [-0.2, 0) is 0 Å². The number of halogens is 1. The minimum atomic E-state index is -0.334. The van der Waals surface area contributed by atoms with Crippen LogP contribution in [-0.4, -0.2) is 37.2 Å². The Morgan fingerprint density at radius 3 is 2.81 bits per heavy atom. The number of nitrogens with zero attached hydrogens (tertiary/aromatic N) is 4. The van der Waals surface area contributed by atoms with Crippen LogP contribution < -0.4 is 9.80 Å². The van der Waals surface area contributed by atoms with E-state index in [0.29, 0.717) is 17.7 Å². The van der Waals surface area contributed by atoms with E-state index >= 15 is 0 Å². The second kappa shape index (κ2) is 4.23. The molecule has 5 heteroatoms. The first-order valence-corrected chi connectivity index (χ1v) is 5.52. The van der Waals surface area contributed by atoms with Crippen molar-refractivity contribution in [3.05, 3.63) is 12.0 Å². The molecule has 4 nitrogen and oxygen atoms in total. The van der Waals surface area contributed by atoms with Crippen molar-refractivity contribution in [2.75, 3.05) is 37.0 Å². The van der Waals surface area contributed by atoms with E-state index in [2.05, 4.69) is 16.9 Å². The van der Waals surface area contributed by atoms with Crippen LogP contribution >= 0.6 is 0 Å². The van der Waals surface area contributed by atoms with Gasteiger partial charge in [-0.3, -0.25) is 0 Å². The van der Waals surface area contributed by atoms with Gasteiger partial charge in [-0.2, -0.15) is 4.98 Å². The molecule has 0 aromatic carbocycles. The van der Waals surface area contributed by atoms with Crippen LogP contribution in [0.3, 0.4) is 0 Å². The van der Waals surface area contributed by atoms with Crippen LogP contribution in [0.2, 0.25) is 0 Å². The van der Waals surface area contributed by atoms with Gasteiger partial charge < -0.3 is 9.80 Å². The molecule has 2 rings (SSSR count). The highest BCUT2D eigenvalue weighted by molar-refractivity contribution is 5.45. The molecule has 0 radical (unpaired) electrons. The van der Waals surface area contributed by atoms with Gasteiger partial charge in [-0.15, -0.1) is 0 Å². The number of hydrogen-bond acceptors (Lipinski definition) is 4. The molecule has 16 heavy (non-hydrogen) atoms. The van der Waals surface area contributed by atoms with Gasteiger partial charge in [0, 0.05) is 27.2 Å². The van der Waals surface area contributed by atoms with E-state index in [1.807, 2.05) is 19.0 Å². The molecule has 0 N–H and O–H groups in total. The Morgan fingerprint density at radius 2 is 2.25 bits per heavy atom. The lowest BCUT2D eigenvalue weighted by Crippen LogP contribution is -2.23. The predicted molar refractivity (Wildman–Crippen MR) is 62.3 cm³/mol. The van der Waals surface area contributed by atoms with E-state index in [0.717, 1.165) is 19.5 Å². The Labute approximate surface area is 95.1 Å². The van der Waals surface area contributed by atoms with Crippen LogP contribution in [0.5, 0.6) is 0 Å². The van der Waals surface area contributed by atoms with Crippen molar-refractivity contribution in [2.24, 2.45) is 5.92 Å². The Kier molecular flexibility index (Phi) is 2.94. The Hall–Kier alpha value is -1.39. The maximum absolute atomic E-state index is 13.6. The summed E-state index contributed by atoms with van der Waals surface area (Å²) < 4.78 is 13.6. The number of aromatic nitrogens is 2. The SMILES string of the molecule is C[C@@H]1CCN(c2nc(N(C)C)ncc2F)C1. The van der Waals surface area contributed by atoms with Gasteiger partial charge in [0.1, 0.15) is 0 Å². The zero-order chi connectivity index (χ0) is 11.7. The molecule has 0 amide bonds. The molecule has 0 spiro atoms. The molecule has 1 aliphatic rings. The lowest BCUT2D eigenvalue weighted by molar-refractivity contribution is 0.604. The third kappa shape index (κ3) is 2.08. The normalized spacial score (nSPS) is 20.2. The number of hydrogen-bond donors (Lipinski definition) is 0. The number of rotatable bonds is 2. The van der Waals surface area contributed by atoms with Gasteiger partial charge in [0.2, 0.25) is 5.95 Å². The first-order valence-electron chi connectivity index (χ1n) is 5.52. The summed E-state index contributed by atoms with van der Waals surface area (Å²) in [5, 5.41) is 0. The summed E-state index contributed by atoms with van der Waals surface area (Å²) in [6, 6.07) is 0. The van der Waals surface area contributed by atoms with E-state index in [4.69, 9.17) is 0 Å². The van der Waals surface area contributed by atoms with E-state index in [1.165, 1.54) is 6.20 Å². The third-order valence-corrected chi connectivity index (χ3v) is 2.84. The summed E-state index contributed by atoms with van der Waals surface area (Å²) in [7, 11) is 3.70. The Balaban J connectivity index is 2.28. The summed E-state index contributed by atoms with van der Waals surface area (Å²) in [6.45, 7) is 3.93. The van der Waals surface area contributed by atoms with Gasteiger partial charge in [0.05, 0.1) is 6.20 Å². The van der Waals surface area contributed by atoms with Gasteiger partial charge in [-0.25, -0.2) is 9.37 Å². The molecular formula is C11H17FN4.